The molecule has 4 nitrogen and oxygen atoms in total. The molecule has 1 fully saturated rings. The molecule has 5 heteroatoms. The second-order valence-corrected chi connectivity index (χ2v) is 6.71. The summed E-state index contributed by atoms with van der Waals surface area (Å²) in [6.07, 6.45) is 2.75. The number of nitrogens with one attached hydrogen (secondary N) is 1. The lowest BCUT2D eigenvalue weighted by atomic mass is 10.0. The number of amides is 1. The highest BCUT2D eigenvalue weighted by molar-refractivity contribution is 5.68. The number of anilines is 1. The molecule has 0 spiro atoms. The highest BCUT2D eigenvalue weighted by Crippen LogP contribution is 2.21. The zero-order valence-electron chi connectivity index (χ0n) is 13.6. The van der Waals surface area contributed by atoms with E-state index in [2.05, 4.69) is 5.32 Å². The molecule has 1 saturated heterocycles. The molecule has 0 aromatic heterocycles. The first-order valence-corrected chi connectivity index (χ1v) is 7.84. The van der Waals surface area contributed by atoms with Crippen LogP contribution in [0.2, 0.25) is 0 Å². The molecule has 0 unspecified atom stereocenters. The van der Waals surface area contributed by atoms with Crippen molar-refractivity contribution in [2.45, 2.75) is 51.7 Å². The zero-order chi connectivity index (χ0) is 16.2. The van der Waals surface area contributed by atoms with Crippen LogP contribution in [0.3, 0.4) is 0 Å². The highest BCUT2D eigenvalue weighted by atomic mass is 19.1. The van der Waals surface area contributed by atoms with Crippen LogP contribution in [0, 0.1) is 5.82 Å². The summed E-state index contributed by atoms with van der Waals surface area (Å²) in [5.74, 6) is -0.266. The molecule has 1 N–H and O–H groups in total. The van der Waals surface area contributed by atoms with E-state index in [1.807, 2.05) is 26.8 Å². The van der Waals surface area contributed by atoms with Gasteiger partial charge in [-0.2, -0.15) is 0 Å². The monoisotopic (exact) mass is 308 g/mol. The lowest BCUT2D eigenvalue weighted by Crippen LogP contribution is -2.48. The Kier molecular flexibility index (Phi) is 5.27. The number of hydrogen-bond acceptors (Lipinski definition) is 3. The van der Waals surface area contributed by atoms with Gasteiger partial charge in [-0.3, -0.25) is 0 Å². The maximum absolute atomic E-state index is 13.2. The third-order valence-corrected chi connectivity index (χ3v) is 3.62. The van der Waals surface area contributed by atoms with E-state index < -0.39 is 5.60 Å². The van der Waals surface area contributed by atoms with Crippen molar-refractivity contribution in [2.75, 3.05) is 18.4 Å². The Bertz CT molecular complexity index is 514. The van der Waals surface area contributed by atoms with E-state index >= 15 is 0 Å². The maximum Gasteiger partial charge on any atom is 0.410 e. The van der Waals surface area contributed by atoms with Crippen molar-refractivity contribution in [3.05, 3.63) is 30.1 Å². The molecule has 1 aromatic carbocycles. The second kappa shape index (κ2) is 6.99. The van der Waals surface area contributed by atoms with E-state index in [4.69, 9.17) is 4.74 Å². The average molecular weight is 308 g/mol. The SMILES string of the molecule is CC(C)(C)OC(=O)N1CCCC[C@@H]1CNc1cccc(F)c1. The molecule has 1 aliphatic rings. The summed E-state index contributed by atoms with van der Waals surface area (Å²) >= 11 is 0. The van der Waals surface area contributed by atoms with Crippen molar-refractivity contribution in [1.82, 2.24) is 4.90 Å². The number of rotatable bonds is 3. The number of ether oxygens (including phenoxy) is 1. The molecule has 0 saturated carbocycles. The first-order valence-electron chi connectivity index (χ1n) is 7.84. The molecular weight excluding hydrogens is 283 g/mol. The fourth-order valence-corrected chi connectivity index (χ4v) is 2.61. The minimum atomic E-state index is -0.491. The molecule has 122 valence electrons. The predicted molar refractivity (Wildman–Crippen MR) is 85.5 cm³/mol. The Morgan fingerprint density at radius 3 is 2.86 bits per heavy atom. The topological polar surface area (TPSA) is 41.6 Å². The van der Waals surface area contributed by atoms with Crippen molar-refractivity contribution in [3.63, 3.8) is 0 Å². The Morgan fingerprint density at radius 2 is 2.18 bits per heavy atom. The van der Waals surface area contributed by atoms with E-state index in [1.54, 1.807) is 11.0 Å². The molecule has 1 heterocycles. The molecule has 1 atom stereocenters. The lowest BCUT2D eigenvalue weighted by Gasteiger charge is -2.37. The van der Waals surface area contributed by atoms with Gasteiger partial charge in [-0.1, -0.05) is 6.07 Å². The molecule has 0 radical (unpaired) electrons. The van der Waals surface area contributed by atoms with Crippen molar-refractivity contribution >= 4 is 11.8 Å². The Labute approximate surface area is 131 Å². The van der Waals surface area contributed by atoms with Crippen molar-refractivity contribution < 1.29 is 13.9 Å². The first kappa shape index (κ1) is 16.6. The number of carbonyl (C=O) groups excluding carboxylic acids is 1. The number of halogens is 1. The lowest BCUT2D eigenvalue weighted by molar-refractivity contribution is 0.0114. The van der Waals surface area contributed by atoms with Gasteiger partial charge in [0.1, 0.15) is 11.4 Å². The Balaban J connectivity index is 1.96. The molecule has 2 rings (SSSR count). The van der Waals surface area contributed by atoms with Crippen LogP contribution in [0.15, 0.2) is 24.3 Å². The van der Waals surface area contributed by atoms with Crippen LogP contribution in [0.25, 0.3) is 0 Å². The summed E-state index contributed by atoms with van der Waals surface area (Å²) in [6.45, 7) is 6.92. The van der Waals surface area contributed by atoms with Gasteiger partial charge in [0.15, 0.2) is 0 Å². The number of likely N-dealkylation sites (tertiary alicyclic amines) is 1. The van der Waals surface area contributed by atoms with Crippen LogP contribution in [0.4, 0.5) is 14.9 Å². The quantitative estimate of drug-likeness (QED) is 0.916. The molecule has 0 aliphatic carbocycles. The number of hydrogen-bond donors (Lipinski definition) is 1. The van der Waals surface area contributed by atoms with Crippen molar-refractivity contribution in [3.8, 4) is 0 Å². The van der Waals surface area contributed by atoms with E-state index in [0.29, 0.717) is 13.1 Å². The average Bonchev–Trinajstić information content (AvgIpc) is 2.44. The van der Waals surface area contributed by atoms with Crippen molar-refractivity contribution in [1.29, 1.82) is 0 Å². The molecule has 1 aliphatic heterocycles. The second-order valence-electron chi connectivity index (χ2n) is 6.71. The standard InChI is InChI=1S/C17H25FN2O2/c1-17(2,3)22-16(21)20-10-5-4-9-15(20)12-19-14-8-6-7-13(18)11-14/h6-8,11,15,19H,4-5,9-10,12H2,1-3H3/t15-/m1/s1. The predicted octanol–water partition coefficient (Wildman–Crippen LogP) is 4.03. The Morgan fingerprint density at radius 1 is 1.41 bits per heavy atom. The van der Waals surface area contributed by atoms with E-state index in [-0.39, 0.29) is 18.0 Å². The van der Waals surface area contributed by atoms with Crippen LogP contribution in [0.1, 0.15) is 40.0 Å². The van der Waals surface area contributed by atoms with E-state index in [9.17, 15) is 9.18 Å². The number of piperidine rings is 1. The van der Waals surface area contributed by atoms with Crippen LogP contribution < -0.4 is 5.32 Å². The van der Waals surface area contributed by atoms with Gasteiger partial charge < -0.3 is 15.0 Å². The summed E-state index contributed by atoms with van der Waals surface area (Å²) in [5, 5.41) is 3.21. The summed E-state index contributed by atoms with van der Waals surface area (Å²) < 4.78 is 18.7. The maximum atomic E-state index is 13.2. The van der Waals surface area contributed by atoms with Crippen LogP contribution in [-0.2, 0) is 4.74 Å². The summed E-state index contributed by atoms with van der Waals surface area (Å²) in [4.78, 5) is 14.1. The number of benzene rings is 1. The van der Waals surface area contributed by atoms with Gasteiger partial charge in [-0.15, -0.1) is 0 Å². The third kappa shape index (κ3) is 4.90. The van der Waals surface area contributed by atoms with Gasteiger partial charge in [-0.05, 0) is 58.2 Å². The molecule has 1 amide bonds. The largest absolute Gasteiger partial charge is 0.444 e. The third-order valence-electron chi connectivity index (χ3n) is 3.62. The molecule has 0 bridgehead atoms. The fourth-order valence-electron chi connectivity index (χ4n) is 2.61. The summed E-state index contributed by atoms with van der Waals surface area (Å²) in [6, 6.07) is 6.44. The van der Waals surface area contributed by atoms with E-state index in [0.717, 1.165) is 24.9 Å². The van der Waals surface area contributed by atoms with Gasteiger partial charge in [-0.25, -0.2) is 9.18 Å². The molecule has 1 aromatic rings. The fraction of sp³-hybridized carbons (Fsp3) is 0.588. The van der Waals surface area contributed by atoms with Crippen LogP contribution in [-0.4, -0.2) is 35.7 Å². The molecule has 22 heavy (non-hydrogen) atoms. The van der Waals surface area contributed by atoms with Crippen LogP contribution in [0.5, 0.6) is 0 Å². The van der Waals surface area contributed by atoms with Gasteiger partial charge in [0.2, 0.25) is 0 Å². The highest BCUT2D eigenvalue weighted by Gasteiger charge is 2.30. The minimum Gasteiger partial charge on any atom is -0.444 e. The normalized spacial score (nSPS) is 18.9. The summed E-state index contributed by atoms with van der Waals surface area (Å²) in [7, 11) is 0. The van der Waals surface area contributed by atoms with E-state index in [1.165, 1.54) is 12.1 Å². The smallest absolute Gasteiger partial charge is 0.410 e. The number of nitrogens with zero attached hydrogens (tertiary/aromatic N) is 1. The van der Waals surface area contributed by atoms with Crippen LogP contribution >= 0.6 is 0 Å². The Hall–Kier alpha value is -1.78. The number of carbonyl (C=O) groups is 1. The van der Waals surface area contributed by atoms with Gasteiger partial charge in [0, 0.05) is 18.8 Å². The minimum absolute atomic E-state index is 0.0758. The zero-order valence-corrected chi connectivity index (χ0v) is 13.6. The van der Waals surface area contributed by atoms with Gasteiger partial charge >= 0.3 is 6.09 Å². The van der Waals surface area contributed by atoms with Gasteiger partial charge in [0.25, 0.3) is 0 Å². The molecular formula is C17H25FN2O2. The first-order chi connectivity index (χ1) is 10.3. The summed E-state index contributed by atoms with van der Waals surface area (Å²) in [5.41, 5.74) is 0.240. The van der Waals surface area contributed by atoms with Gasteiger partial charge in [0.05, 0.1) is 6.04 Å². The van der Waals surface area contributed by atoms with Crippen molar-refractivity contribution in [2.24, 2.45) is 0 Å².